The van der Waals surface area contributed by atoms with Crippen molar-refractivity contribution in [3.8, 4) is 0 Å². The second kappa shape index (κ2) is 6.10. The molecule has 1 aromatic carbocycles. The van der Waals surface area contributed by atoms with Crippen LogP contribution in [0.15, 0.2) is 18.2 Å². The zero-order chi connectivity index (χ0) is 13.8. The number of carbonyl (C=O) groups excluding carboxylic acids is 1. The highest BCUT2D eigenvalue weighted by Gasteiger charge is 2.27. The number of amides is 1. The fourth-order valence-corrected chi connectivity index (χ4v) is 2.14. The summed E-state index contributed by atoms with van der Waals surface area (Å²) in [7, 11) is 0. The van der Waals surface area contributed by atoms with Crippen molar-refractivity contribution in [1.29, 1.82) is 0 Å². The Bertz CT molecular complexity index is 461. The van der Waals surface area contributed by atoms with Gasteiger partial charge in [-0.05, 0) is 12.5 Å². The monoisotopic (exact) mass is 268 g/mol. The predicted octanol–water partition coefficient (Wildman–Crippen LogP) is 2.14. The lowest BCUT2D eigenvalue weighted by Crippen LogP contribution is -2.51. The zero-order valence-corrected chi connectivity index (χ0v) is 10.9. The van der Waals surface area contributed by atoms with Gasteiger partial charge in [-0.3, -0.25) is 4.79 Å². The summed E-state index contributed by atoms with van der Waals surface area (Å²) in [5, 5.41) is 5.88. The van der Waals surface area contributed by atoms with Gasteiger partial charge in [0, 0.05) is 24.7 Å². The maximum Gasteiger partial charge on any atom is 0.226 e. The summed E-state index contributed by atoms with van der Waals surface area (Å²) in [6, 6.07) is 3.09. The average molecular weight is 268 g/mol. The van der Waals surface area contributed by atoms with Crippen LogP contribution in [0.3, 0.4) is 0 Å². The van der Waals surface area contributed by atoms with Crippen LogP contribution in [0, 0.1) is 17.6 Å². The van der Waals surface area contributed by atoms with Gasteiger partial charge in [-0.2, -0.15) is 0 Å². The smallest absolute Gasteiger partial charge is 0.226 e. The van der Waals surface area contributed by atoms with E-state index in [0.717, 1.165) is 12.5 Å². The highest BCUT2D eigenvalue weighted by molar-refractivity contribution is 5.80. The summed E-state index contributed by atoms with van der Waals surface area (Å²) < 4.78 is 26.7. The van der Waals surface area contributed by atoms with Crippen molar-refractivity contribution in [1.82, 2.24) is 10.6 Å². The second-order valence-electron chi connectivity index (χ2n) is 4.87. The van der Waals surface area contributed by atoms with Gasteiger partial charge in [0.15, 0.2) is 0 Å². The molecule has 0 aliphatic carbocycles. The molecule has 1 fully saturated rings. The number of rotatable bonds is 5. The molecule has 19 heavy (non-hydrogen) atoms. The minimum absolute atomic E-state index is 0.0390. The van der Waals surface area contributed by atoms with Gasteiger partial charge in [0.05, 0.1) is 12.0 Å². The van der Waals surface area contributed by atoms with Crippen LogP contribution in [0.4, 0.5) is 8.78 Å². The number of benzene rings is 1. The van der Waals surface area contributed by atoms with Crippen molar-refractivity contribution in [2.45, 2.75) is 25.8 Å². The van der Waals surface area contributed by atoms with E-state index in [0.29, 0.717) is 25.1 Å². The van der Waals surface area contributed by atoms with Crippen LogP contribution < -0.4 is 10.6 Å². The molecule has 1 amide bonds. The van der Waals surface area contributed by atoms with Gasteiger partial charge in [0.25, 0.3) is 0 Å². The van der Waals surface area contributed by atoms with E-state index in [1.54, 1.807) is 0 Å². The van der Waals surface area contributed by atoms with E-state index in [4.69, 9.17) is 0 Å². The van der Waals surface area contributed by atoms with Crippen molar-refractivity contribution in [2.24, 2.45) is 5.92 Å². The van der Waals surface area contributed by atoms with Gasteiger partial charge in [0.2, 0.25) is 5.91 Å². The molecule has 3 nitrogen and oxygen atoms in total. The molecule has 5 heteroatoms. The van der Waals surface area contributed by atoms with Crippen molar-refractivity contribution in [3.63, 3.8) is 0 Å². The number of hydrogen-bond acceptors (Lipinski definition) is 2. The molecule has 0 bridgehead atoms. The van der Waals surface area contributed by atoms with E-state index in [1.807, 2.05) is 6.92 Å². The predicted molar refractivity (Wildman–Crippen MR) is 68.5 cm³/mol. The first-order valence-corrected chi connectivity index (χ1v) is 6.58. The van der Waals surface area contributed by atoms with E-state index in [1.165, 1.54) is 12.1 Å². The van der Waals surface area contributed by atoms with Gasteiger partial charge in [-0.15, -0.1) is 0 Å². The molecule has 0 spiro atoms. The van der Waals surface area contributed by atoms with E-state index in [2.05, 4.69) is 10.6 Å². The number of hydrogen-bond donors (Lipinski definition) is 2. The molecule has 0 saturated carbocycles. The molecule has 1 heterocycles. The molecule has 1 saturated heterocycles. The highest BCUT2D eigenvalue weighted by Crippen LogP contribution is 2.23. The highest BCUT2D eigenvalue weighted by atomic mass is 19.1. The van der Waals surface area contributed by atoms with Crippen LogP contribution in [-0.2, 0) is 4.79 Å². The van der Waals surface area contributed by atoms with E-state index < -0.39 is 17.7 Å². The Morgan fingerprint density at radius 2 is 2.21 bits per heavy atom. The van der Waals surface area contributed by atoms with Crippen LogP contribution in [0.2, 0.25) is 0 Å². The van der Waals surface area contributed by atoms with Crippen molar-refractivity contribution >= 4 is 5.91 Å². The molecule has 2 rings (SSSR count). The zero-order valence-electron chi connectivity index (χ0n) is 10.9. The molecule has 2 N–H and O–H groups in total. The molecule has 1 aliphatic rings. The summed E-state index contributed by atoms with van der Waals surface area (Å²) in [4.78, 5) is 11.9. The first kappa shape index (κ1) is 13.9. The van der Waals surface area contributed by atoms with Gasteiger partial charge < -0.3 is 10.6 Å². The third kappa shape index (κ3) is 3.29. The Kier molecular flexibility index (Phi) is 4.47. The van der Waals surface area contributed by atoms with Crippen LogP contribution in [0.5, 0.6) is 0 Å². The molecule has 0 aromatic heterocycles. The summed E-state index contributed by atoms with van der Waals surface area (Å²) in [6.45, 7) is 3.29. The number of carbonyl (C=O) groups is 1. The van der Waals surface area contributed by atoms with Gasteiger partial charge in [-0.25, -0.2) is 8.78 Å². The lowest BCUT2D eigenvalue weighted by Gasteiger charge is -2.28. The van der Waals surface area contributed by atoms with E-state index in [-0.39, 0.29) is 11.8 Å². The fourth-order valence-electron chi connectivity index (χ4n) is 2.14. The molecular weight excluding hydrogens is 250 g/mol. The fraction of sp³-hybridized carbons (Fsp3) is 0.500. The largest absolute Gasteiger partial charge is 0.349 e. The minimum atomic E-state index is -0.606. The SMILES string of the molecule is CCCC(NC(=O)C1CNC1)c1ccc(F)cc1F. The first-order valence-electron chi connectivity index (χ1n) is 6.58. The lowest BCUT2D eigenvalue weighted by atomic mass is 9.98. The number of nitrogens with one attached hydrogen (secondary N) is 2. The Morgan fingerprint density at radius 1 is 1.47 bits per heavy atom. The molecule has 1 atom stereocenters. The quantitative estimate of drug-likeness (QED) is 0.859. The molecule has 1 aliphatic heterocycles. The molecule has 0 radical (unpaired) electrons. The van der Waals surface area contributed by atoms with E-state index >= 15 is 0 Å². The third-order valence-electron chi connectivity index (χ3n) is 3.38. The summed E-state index contributed by atoms with van der Waals surface area (Å²) in [5.41, 5.74) is 0.351. The van der Waals surface area contributed by atoms with Crippen LogP contribution in [0.25, 0.3) is 0 Å². The van der Waals surface area contributed by atoms with Gasteiger partial charge in [-0.1, -0.05) is 19.4 Å². The molecular formula is C14H18F2N2O. The van der Waals surface area contributed by atoms with Gasteiger partial charge >= 0.3 is 0 Å². The Hall–Kier alpha value is -1.49. The summed E-state index contributed by atoms with van der Waals surface area (Å²) in [6.07, 6.45) is 1.44. The Morgan fingerprint density at radius 3 is 2.74 bits per heavy atom. The van der Waals surface area contributed by atoms with Crippen molar-refractivity contribution in [2.75, 3.05) is 13.1 Å². The first-order chi connectivity index (χ1) is 9.11. The lowest BCUT2D eigenvalue weighted by molar-refractivity contribution is -0.127. The standard InChI is InChI=1S/C14H18F2N2O/c1-2-3-13(18-14(19)9-7-17-8-9)11-5-4-10(15)6-12(11)16/h4-6,9,13,17H,2-3,7-8H2,1H3,(H,18,19). The minimum Gasteiger partial charge on any atom is -0.349 e. The third-order valence-corrected chi connectivity index (χ3v) is 3.38. The van der Waals surface area contributed by atoms with Crippen molar-refractivity contribution < 1.29 is 13.6 Å². The Balaban J connectivity index is 2.11. The molecule has 1 aromatic rings. The van der Waals surface area contributed by atoms with Crippen molar-refractivity contribution in [3.05, 3.63) is 35.4 Å². The molecule has 1 unspecified atom stereocenters. The van der Waals surface area contributed by atoms with Crippen LogP contribution in [0.1, 0.15) is 31.4 Å². The second-order valence-corrected chi connectivity index (χ2v) is 4.87. The van der Waals surface area contributed by atoms with Crippen LogP contribution in [-0.4, -0.2) is 19.0 Å². The molecule has 104 valence electrons. The van der Waals surface area contributed by atoms with E-state index in [9.17, 15) is 13.6 Å². The Labute approximate surface area is 111 Å². The topological polar surface area (TPSA) is 41.1 Å². The van der Waals surface area contributed by atoms with Gasteiger partial charge in [0.1, 0.15) is 11.6 Å². The maximum atomic E-state index is 13.8. The average Bonchev–Trinajstić information content (AvgIpc) is 2.26. The normalized spacial score (nSPS) is 16.8. The number of halogens is 2. The van der Waals surface area contributed by atoms with Crippen LogP contribution >= 0.6 is 0 Å². The summed E-state index contributed by atoms with van der Waals surface area (Å²) in [5.74, 6) is -1.32. The maximum absolute atomic E-state index is 13.8. The summed E-state index contributed by atoms with van der Waals surface area (Å²) >= 11 is 0.